The third-order valence-electron chi connectivity index (χ3n) is 2.12. The lowest BCUT2D eigenvalue weighted by molar-refractivity contribution is 0.0261. The van der Waals surface area contributed by atoms with Gasteiger partial charge in [-0.15, -0.1) is 0 Å². The van der Waals surface area contributed by atoms with E-state index in [2.05, 4.69) is 5.32 Å². The third kappa shape index (κ3) is 2.39. The predicted molar refractivity (Wildman–Crippen MR) is 57.0 cm³/mol. The van der Waals surface area contributed by atoms with Crippen LogP contribution < -0.4 is 5.32 Å². The molecular weight excluding hydrogens is 221 g/mol. The van der Waals surface area contributed by atoms with Crippen molar-refractivity contribution in [2.24, 2.45) is 0 Å². The number of halogens is 2. The van der Waals surface area contributed by atoms with Crippen LogP contribution in [-0.2, 0) is 4.74 Å². The molecule has 75 valence electrons. The van der Waals surface area contributed by atoms with Crippen molar-refractivity contribution in [2.45, 2.75) is 6.10 Å². The summed E-state index contributed by atoms with van der Waals surface area (Å²) in [5.74, 6) is 0. The van der Waals surface area contributed by atoms with Crippen molar-refractivity contribution < 1.29 is 4.74 Å². The normalized spacial score (nSPS) is 22.3. The molecule has 2 nitrogen and oxygen atoms in total. The molecule has 1 atom stereocenters. The topological polar surface area (TPSA) is 23.3 Å². The summed E-state index contributed by atoms with van der Waals surface area (Å²) in [6.07, 6.45) is 0.0138. The summed E-state index contributed by atoms with van der Waals surface area (Å²) >= 11 is 11.8. The lowest BCUT2D eigenvalue weighted by Gasteiger charge is -2.23. The van der Waals surface area contributed by atoms with Crippen LogP contribution in [0.3, 0.4) is 0 Å². The number of hydrogen-bond acceptors (Lipinski definition) is 1. The summed E-state index contributed by atoms with van der Waals surface area (Å²) < 4.78 is 5.56. The van der Waals surface area contributed by atoms with Gasteiger partial charge in [0.1, 0.15) is 0 Å². The molecule has 0 amide bonds. The molecule has 0 N–H and O–H groups in total. The van der Waals surface area contributed by atoms with Crippen molar-refractivity contribution in [1.82, 2.24) is 5.32 Å². The van der Waals surface area contributed by atoms with E-state index in [1.165, 1.54) is 0 Å². The quantitative estimate of drug-likeness (QED) is 0.728. The molecule has 0 bridgehead atoms. The Kier molecular flexibility index (Phi) is 3.29. The van der Waals surface area contributed by atoms with Crippen LogP contribution in [0.5, 0.6) is 0 Å². The monoisotopic (exact) mass is 230 g/mol. The van der Waals surface area contributed by atoms with E-state index in [9.17, 15) is 0 Å². The first-order chi connectivity index (χ1) is 6.75. The zero-order valence-corrected chi connectivity index (χ0v) is 9.05. The Bertz CT molecular complexity index is 304. The van der Waals surface area contributed by atoms with Gasteiger partial charge in [-0.05, 0) is 23.8 Å². The lowest BCUT2D eigenvalue weighted by atomic mass is 10.1. The van der Waals surface area contributed by atoms with Crippen LogP contribution in [0.2, 0.25) is 10.0 Å². The predicted octanol–water partition coefficient (Wildman–Crippen LogP) is 2.67. The van der Waals surface area contributed by atoms with Gasteiger partial charge in [0.15, 0.2) is 0 Å². The highest BCUT2D eigenvalue weighted by atomic mass is 35.5. The van der Waals surface area contributed by atoms with E-state index in [-0.39, 0.29) is 6.10 Å². The molecule has 1 aromatic carbocycles. The van der Waals surface area contributed by atoms with Gasteiger partial charge >= 0.3 is 0 Å². The van der Waals surface area contributed by atoms with Gasteiger partial charge in [-0.2, -0.15) is 0 Å². The third-order valence-corrected chi connectivity index (χ3v) is 2.56. The van der Waals surface area contributed by atoms with E-state index < -0.39 is 0 Å². The number of hydrogen-bond donors (Lipinski definition) is 0. The van der Waals surface area contributed by atoms with Gasteiger partial charge in [-0.3, -0.25) is 0 Å². The lowest BCUT2D eigenvalue weighted by Crippen LogP contribution is -2.28. The highest BCUT2D eigenvalue weighted by Gasteiger charge is 2.17. The van der Waals surface area contributed by atoms with Gasteiger partial charge in [-0.1, -0.05) is 23.2 Å². The first-order valence-corrected chi connectivity index (χ1v) is 5.22. The molecule has 1 radical (unpaired) electrons. The average Bonchev–Trinajstić information content (AvgIpc) is 2.18. The minimum Gasteiger partial charge on any atom is -0.371 e. The standard InChI is InChI=1S/C10H10Cl2NO/c11-8-3-7(4-9(12)5-8)10-6-13-1-2-14-10/h3-5,10H,1-2,6H2. The summed E-state index contributed by atoms with van der Waals surface area (Å²) in [6, 6.07) is 5.46. The van der Waals surface area contributed by atoms with Crippen LogP contribution in [-0.4, -0.2) is 19.7 Å². The van der Waals surface area contributed by atoms with E-state index >= 15 is 0 Å². The van der Waals surface area contributed by atoms with E-state index in [1.807, 2.05) is 12.1 Å². The maximum absolute atomic E-state index is 5.90. The van der Waals surface area contributed by atoms with Gasteiger partial charge in [0.2, 0.25) is 0 Å². The molecule has 1 heterocycles. The second kappa shape index (κ2) is 4.49. The van der Waals surface area contributed by atoms with Gasteiger partial charge in [-0.25, -0.2) is 5.32 Å². The molecule has 2 rings (SSSR count). The molecule has 4 heteroatoms. The van der Waals surface area contributed by atoms with Crippen LogP contribution in [0.4, 0.5) is 0 Å². The fraction of sp³-hybridized carbons (Fsp3) is 0.400. The van der Waals surface area contributed by atoms with Crippen LogP contribution >= 0.6 is 23.2 Å². The average molecular weight is 231 g/mol. The summed E-state index contributed by atoms with van der Waals surface area (Å²) in [5.41, 5.74) is 1.01. The largest absolute Gasteiger partial charge is 0.371 e. The minimum atomic E-state index is 0.0138. The molecular formula is C10H10Cl2NO. The Balaban J connectivity index is 2.21. The zero-order valence-electron chi connectivity index (χ0n) is 7.54. The van der Waals surface area contributed by atoms with Crippen molar-refractivity contribution in [2.75, 3.05) is 19.7 Å². The van der Waals surface area contributed by atoms with Crippen molar-refractivity contribution in [3.05, 3.63) is 33.8 Å². The number of nitrogens with zero attached hydrogens (tertiary/aromatic N) is 1. The fourth-order valence-electron chi connectivity index (χ4n) is 1.48. The summed E-state index contributed by atoms with van der Waals surface area (Å²) in [7, 11) is 0. The molecule has 1 unspecified atom stereocenters. The first kappa shape index (κ1) is 10.2. The highest BCUT2D eigenvalue weighted by Crippen LogP contribution is 2.26. The number of morpholine rings is 1. The van der Waals surface area contributed by atoms with Gasteiger partial charge < -0.3 is 4.74 Å². The van der Waals surface area contributed by atoms with Crippen molar-refractivity contribution in [1.29, 1.82) is 0 Å². The Morgan fingerprint density at radius 2 is 1.93 bits per heavy atom. The molecule has 1 saturated heterocycles. The summed E-state index contributed by atoms with van der Waals surface area (Å²) in [5, 5.41) is 5.56. The van der Waals surface area contributed by atoms with Crippen LogP contribution in [0.15, 0.2) is 18.2 Å². The van der Waals surface area contributed by atoms with Gasteiger partial charge in [0, 0.05) is 23.1 Å². The molecule has 14 heavy (non-hydrogen) atoms. The summed E-state index contributed by atoms with van der Waals surface area (Å²) in [6.45, 7) is 2.15. The maximum Gasteiger partial charge on any atom is 0.0967 e. The fourth-order valence-corrected chi connectivity index (χ4v) is 2.03. The van der Waals surface area contributed by atoms with Gasteiger partial charge in [0.05, 0.1) is 12.7 Å². The number of ether oxygens (including phenoxy) is 1. The minimum absolute atomic E-state index is 0.0138. The Morgan fingerprint density at radius 1 is 1.21 bits per heavy atom. The molecule has 0 spiro atoms. The second-order valence-corrected chi connectivity index (χ2v) is 4.06. The van der Waals surface area contributed by atoms with E-state index in [4.69, 9.17) is 27.9 Å². The number of rotatable bonds is 1. The zero-order chi connectivity index (χ0) is 9.97. The first-order valence-electron chi connectivity index (χ1n) is 4.46. The van der Waals surface area contributed by atoms with E-state index in [0.717, 1.165) is 12.1 Å². The molecule has 0 saturated carbocycles. The van der Waals surface area contributed by atoms with E-state index in [1.54, 1.807) is 6.07 Å². The number of benzene rings is 1. The molecule has 1 aromatic rings. The molecule has 0 aliphatic carbocycles. The highest BCUT2D eigenvalue weighted by molar-refractivity contribution is 6.34. The molecule has 1 aliphatic heterocycles. The molecule has 1 fully saturated rings. The van der Waals surface area contributed by atoms with Crippen molar-refractivity contribution in [3.8, 4) is 0 Å². The van der Waals surface area contributed by atoms with Crippen LogP contribution in [0.1, 0.15) is 11.7 Å². The Hall–Kier alpha value is -0.280. The smallest absolute Gasteiger partial charge is 0.0967 e. The Morgan fingerprint density at radius 3 is 2.50 bits per heavy atom. The second-order valence-electron chi connectivity index (χ2n) is 3.19. The molecule has 1 aliphatic rings. The van der Waals surface area contributed by atoms with Gasteiger partial charge in [0.25, 0.3) is 0 Å². The molecule has 0 aromatic heterocycles. The summed E-state index contributed by atoms with van der Waals surface area (Å²) in [4.78, 5) is 0. The van der Waals surface area contributed by atoms with E-state index in [0.29, 0.717) is 23.2 Å². The Labute approximate surface area is 93.2 Å². The van der Waals surface area contributed by atoms with Crippen LogP contribution in [0, 0.1) is 0 Å². The van der Waals surface area contributed by atoms with Crippen molar-refractivity contribution in [3.63, 3.8) is 0 Å². The SMILES string of the molecule is Clc1cc(Cl)cc(C2C[N]CCO2)c1. The van der Waals surface area contributed by atoms with Crippen molar-refractivity contribution >= 4 is 23.2 Å². The van der Waals surface area contributed by atoms with Crippen LogP contribution in [0.25, 0.3) is 0 Å². The maximum atomic E-state index is 5.90.